The Morgan fingerprint density at radius 2 is 2.08 bits per heavy atom. The van der Waals surface area contributed by atoms with Crippen molar-refractivity contribution in [2.45, 2.75) is 33.3 Å². The molecule has 1 amide bonds. The summed E-state index contributed by atoms with van der Waals surface area (Å²) in [5, 5.41) is 6.44. The third-order valence-electron chi connectivity index (χ3n) is 3.82. The van der Waals surface area contributed by atoms with Crippen LogP contribution in [-0.4, -0.2) is 31.1 Å². The third-order valence-corrected chi connectivity index (χ3v) is 3.82. The van der Waals surface area contributed by atoms with Gasteiger partial charge in [-0.25, -0.2) is 4.39 Å². The fourth-order valence-corrected chi connectivity index (χ4v) is 2.71. The summed E-state index contributed by atoms with van der Waals surface area (Å²) in [4.78, 5) is 16.8. The number of carbonyl (C=O) groups is 1. The van der Waals surface area contributed by atoms with Gasteiger partial charge in [-0.3, -0.25) is 4.79 Å². The minimum atomic E-state index is -0.395. The topological polar surface area (TPSA) is 85.9 Å². The zero-order valence-corrected chi connectivity index (χ0v) is 14.2. The molecule has 3 N–H and O–H groups in total. The van der Waals surface area contributed by atoms with E-state index in [1.54, 1.807) is 0 Å². The van der Waals surface area contributed by atoms with Crippen LogP contribution in [0.15, 0.2) is 29.4 Å². The van der Waals surface area contributed by atoms with E-state index in [9.17, 15) is 9.18 Å². The van der Waals surface area contributed by atoms with Crippen LogP contribution in [0.4, 0.5) is 10.1 Å². The number of nitrogens with two attached hydrogens (primary N) is 1. The molecular weight excluding hydrogens is 313 g/mol. The van der Waals surface area contributed by atoms with Crippen LogP contribution in [0.5, 0.6) is 0 Å². The second kappa shape index (κ2) is 7.61. The van der Waals surface area contributed by atoms with Gasteiger partial charge in [-0.1, -0.05) is 25.9 Å². The van der Waals surface area contributed by atoms with E-state index in [4.69, 9.17) is 15.3 Å². The lowest BCUT2D eigenvalue weighted by molar-refractivity contribution is -0.120. The van der Waals surface area contributed by atoms with Crippen LogP contribution in [0.25, 0.3) is 0 Å². The SMILES string of the molecule is CC(C)(C)[C@H]1OCC[C@@H]1/C(N)=N/OCC(=O)Nc1ccc(F)cc1. The summed E-state index contributed by atoms with van der Waals surface area (Å²) in [6, 6.07) is 5.46. The van der Waals surface area contributed by atoms with Gasteiger partial charge in [0.05, 0.1) is 6.10 Å². The Hall–Kier alpha value is -2.15. The van der Waals surface area contributed by atoms with Crippen LogP contribution < -0.4 is 11.1 Å². The molecule has 0 unspecified atom stereocenters. The fraction of sp³-hybridized carbons (Fsp3) is 0.529. The standard InChI is InChI=1S/C17H24FN3O3/c1-17(2,3)15-13(8-9-23-15)16(19)21-24-10-14(22)20-12-6-4-11(18)5-7-12/h4-7,13,15H,8-10H2,1-3H3,(H2,19,21)(H,20,22)/t13-,15-/m0/s1. The molecule has 0 bridgehead atoms. The monoisotopic (exact) mass is 337 g/mol. The number of carbonyl (C=O) groups excluding carboxylic acids is 1. The first-order valence-electron chi connectivity index (χ1n) is 7.89. The number of nitrogens with zero attached hydrogens (tertiary/aromatic N) is 1. The van der Waals surface area contributed by atoms with Crippen molar-refractivity contribution in [2.75, 3.05) is 18.5 Å². The minimum absolute atomic E-state index is 0.0230. The van der Waals surface area contributed by atoms with E-state index in [0.717, 1.165) is 6.42 Å². The van der Waals surface area contributed by atoms with Crippen LogP contribution in [0.1, 0.15) is 27.2 Å². The van der Waals surface area contributed by atoms with Crippen LogP contribution >= 0.6 is 0 Å². The second-order valence-corrected chi connectivity index (χ2v) is 6.90. The zero-order chi connectivity index (χ0) is 17.7. The molecule has 2 rings (SSSR count). The Bertz CT molecular complexity index is 596. The van der Waals surface area contributed by atoms with Gasteiger partial charge < -0.3 is 20.6 Å². The minimum Gasteiger partial charge on any atom is -0.384 e. The molecule has 1 saturated heterocycles. The molecule has 1 fully saturated rings. The second-order valence-electron chi connectivity index (χ2n) is 6.90. The number of halogens is 1. The summed E-state index contributed by atoms with van der Waals surface area (Å²) < 4.78 is 18.5. The number of anilines is 1. The molecule has 1 aliphatic rings. The summed E-state index contributed by atoms with van der Waals surface area (Å²) >= 11 is 0. The largest absolute Gasteiger partial charge is 0.384 e. The number of hydrogen-bond acceptors (Lipinski definition) is 4. The van der Waals surface area contributed by atoms with Crippen LogP contribution in [-0.2, 0) is 14.4 Å². The van der Waals surface area contributed by atoms with Crippen molar-refractivity contribution in [3.05, 3.63) is 30.1 Å². The van der Waals surface area contributed by atoms with Gasteiger partial charge in [-0.15, -0.1) is 0 Å². The molecule has 0 saturated carbocycles. The Kier molecular flexibility index (Phi) is 5.77. The molecule has 6 nitrogen and oxygen atoms in total. The molecule has 0 radical (unpaired) electrons. The number of oxime groups is 1. The smallest absolute Gasteiger partial charge is 0.265 e. The number of nitrogens with one attached hydrogen (secondary N) is 1. The number of amidine groups is 1. The van der Waals surface area contributed by atoms with Gasteiger partial charge >= 0.3 is 0 Å². The van der Waals surface area contributed by atoms with Crippen molar-refractivity contribution >= 4 is 17.4 Å². The van der Waals surface area contributed by atoms with E-state index in [2.05, 4.69) is 31.2 Å². The molecule has 132 valence electrons. The lowest BCUT2D eigenvalue weighted by Gasteiger charge is -2.30. The van der Waals surface area contributed by atoms with E-state index < -0.39 is 5.91 Å². The van der Waals surface area contributed by atoms with E-state index in [1.165, 1.54) is 24.3 Å². The van der Waals surface area contributed by atoms with Gasteiger partial charge in [0.2, 0.25) is 0 Å². The molecule has 24 heavy (non-hydrogen) atoms. The van der Waals surface area contributed by atoms with E-state index in [0.29, 0.717) is 18.1 Å². The highest BCUT2D eigenvalue weighted by Crippen LogP contribution is 2.34. The van der Waals surface area contributed by atoms with Gasteiger partial charge in [0.25, 0.3) is 5.91 Å². The highest BCUT2D eigenvalue weighted by atomic mass is 19.1. The summed E-state index contributed by atoms with van der Waals surface area (Å²) in [6.45, 7) is 6.61. The maximum atomic E-state index is 12.8. The summed E-state index contributed by atoms with van der Waals surface area (Å²) in [6.07, 6.45) is 0.750. The van der Waals surface area contributed by atoms with Gasteiger partial charge in [0.15, 0.2) is 6.61 Å². The van der Waals surface area contributed by atoms with Crippen molar-refractivity contribution in [1.29, 1.82) is 0 Å². The molecular formula is C17H24FN3O3. The molecule has 1 aromatic rings. The van der Waals surface area contributed by atoms with Gasteiger partial charge in [-0.2, -0.15) is 0 Å². The summed E-state index contributed by atoms with van der Waals surface area (Å²) in [5.41, 5.74) is 6.42. The maximum Gasteiger partial charge on any atom is 0.265 e. The average Bonchev–Trinajstić information content (AvgIpc) is 2.99. The van der Waals surface area contributed by atoms with Crippen molar-refractivity contribution < 1.29 is 18.8 Å². The van der Waals surface area contributed by atoms with Crippen molar-refractivity contribution in [2.24, 2.45) is 22.2 Å². The van der Waals surface area contributed by atoms with Crippen LogP contribution in [0, 0.1) is 17.2 Å². The Labute approximate surface area is 141 Å². The number of benzene rings is 1. The normalized spacial score (nSPS) is 21.6. The number of ether oxygens (including phenoxy) is 1. The molecule has 7 heteroatoms. The first-order chi connectivity index (χ1) is 11.3. The van der Waals surface area contributed by atoms with E-state index in [1.807, 2.05) is 0 Å². The average molecular weight is 337 g/mol. The molecule has 0 aromatic heterocycles. The highest BCUT2D eigenvalue weighted by Gasteiger charge is 2.39. The summed E-state index contributed by atoms with van der Waals surface area (Å²) in [7, 11) is 0. The first kappa shape index (κ1) is 18.2. The predicted molar refractivity (Wildman–Crippen MR) is 89.9 cm³/mol. The van der Waals surface area contributed by atoms with E-state index in [-0.39, 0.29) is 29.9 Å². The number of amides is 1. The maximum absolute atomic E-state index is 12.8. The quantitative estimate of drug-likeness (QED) is 0.491. The fourth-order valence-electron chi connectivity index (χ4n) is 2.71. The summed E-state index contributed by atoms with van der Waals surface area (Å²) in [5.74, 6) is -0.450. The van der Waals surface area contributed by atoms with Gasteiger partial charge in [-0.05, 0) is 36.1 Å². The third kappa shape index (κ3) is 4.92. The van der Waals surface area contributed by atoms with Gasteiger partial charge in [0, 0.05) is 18.2 Å². The van der Waals surface area contributed by atoms with Crippen molar-refractivity contribution in [1.82, 2.24) is 0 Å². The lowest BCUT2D eigenvalue weighted by atomic mass is 9.81. The Morgan fingerprint density at radius 3 is 2.71 bits per heavy atom. The first-order valence-corrected chi connectivity index (χ1v) is 7.89. The number of hydrogen-bond donors (Lipinski definition) is 2. The zero-order valence-electron chi connectivity index (χ0n) is 14.2. The molecule has 1 heterocycles. The van der Waals surface area contributed by atoms with Crippen LogP contribution in [0.2, 0.25) is 0 Å². The molecule has 2 atom stereocenters. The number of rotatable bonds is 5. The molecule has 1 aliphatic heterocycles. The van der Waals surface area contributed by atoms with Crippen molar-refractivity contribution in [3.8, 4) is 0 Å². The predicted octanol–water partition coefficient (Wildman–Crippen LogP) is 2.50. The molecule has 0 aliphatic carbocycles. The lowest BCUT2D eigenvalue weighted by Crippen LogP contribution is -2.38. The Morgan fingerprint density at radius 1 is 1.42 bits per heavy atom. The highest BCUT2D eigenvalue weighted by molar-refractivity contribution is 5.91. The Balaban J connectivity index is 1.84. The molecule has 0 spiro atoms. The van der Waals surface area contributed by atoms with Crippen LogP contribution in [0.3, 0.4) is 0 Å². The van der Waals surface area contributed by atoms with E-state index >= 15 is 0 Å². The van der Waals surface area contributed by atoms with Gasteiger partial charge in [0.1, 0.15) is 11.7 Å². The van der Waals surface area contributed by atoms with Crippen molar-refractivity contribution in [3.63, 3.8) is 0 Å². The molecule has 1 aromatic carbocycles.